The third kappa shape index (κ3) is 3.71. The van der Waals surface area contributed by atoms with Crippen LogP contribution in [0.2, 0.25) is 0 Å². The first kappa shape index (κ1) is 15.3. The predicted molar refractivity (Wildman–Crippen MR) is 74.9 cm³/mol. The minimum absolute atomic E-state index is 0.0223. The first-order valence-electron chi connectivity index (χ1n) is 5.73. The van der Waals surface area contributed by atoms with E-state index in [1.54, 1.807) is 0 Å². The molecule has 1 N–H and O–H groups in total. The van der Waals surface area contributed by atoms with Crippen molar-refractivity contribution < 1.29 is 21.6 Å². The molecule has 1 saturated heterocycles. The highest BCUT2D eigenvalue weighted by molar-refractivity contribution is 8.13. The molecule has 6 nitrogen and oxygen atoms in total. The average Bonchev–Trinajstić information content (AvgIpc) is 2.69. The fourth-order valence-electron chi connectivity index (χ4n) is 1.95. The van der Waals surface area contributed by atoms with Crippen LogP contribution in [0.25, 0.3) is 0 Å². The number of anilines is 1. The number of nitrogens with one attached hydrogen (secondary N) is 1. The van der Waals surface area contributed by atoms with Gasteiger partial charge in [0.25, 0.3) is 9.05 Å². The normalized spacial score (nSPS) is 21.6. The number of halogens is 1. The molecule has 0 spiro atoms. The van der Waals surface area contributed by atoms with Crippen molar-refractivity contribution >= 4 is 41.2 Å². The van der Waals surface area contributed by atoms with Gasteiger partial charge in [-0.15, -0.1) is 0 Å². The second-order valence-corrected chi connectivity index (χ2v) is 9.35. The summed E-state index contributed by atoms with van der Waals surface area (Å²) in [7, 11) is -1.75. The van der Waals surface area contributed by atoms with Crippen molar-refractivity contribution in [1.82, 2.24) is 0 Å². The van der Waals surface area contributed by atoms with Crippen molar-refractivity contribution in [2.24, 2.45) is 5.92 Å². The minimum Gasteiger partial charge on any atom is -0.326 e. The fraction of sp³-hybridized carbons (Fsp3) is 0.364. The largest absolute Gasteiger partial charge is 0.326 e. The molecular weight excluding hydrogens is 326 g/mol. The molecule has 2 rings (SSSR count). The van der Waals surface area contributed by atoms with Gasteiger partial charge in [-0.25, -0.2) is 16.8 Å². The third-order valence-electron chi connectivity index (χ3n) is 3.01. The number of hydrogen-bond donors (Lipinski definition) is 1. The van der Waals surface area contributed by atoms with Gasteiger partial charge >= 0.3 is 0 Å². The van der Waals surface area contributed by atoms with Gasteiger partial charge in [-0.1, -0.05) is 0 Å². The Labute approximate surface area is 121 Å². The molecule has 20 heavy (non-hydrogen) atoms. The molecule has 0 bridgehead atoms. The molecule has 1 aromatic rings. The lowest BCUT2D eigenvalue weighted by Gasteiger charge is -2.09. The summed E-state index contributed by atoms with van der Waals surface area (Å²) in [4.78, 5) is 11.8. The lowest BCUT2D eigenvalue weighted by atomic mass is 10.1. The van der Waals surface area contributed by atoms with Gasteiger partial charge in [0.15, 0.2) is 9.84 Å². The SMILES string of the molecule is O=C(Nc1ccc(S(=O)(=O)Cl)cc1)C1CCS(=O)(=O)C1. The molecule has 9 heteroatoms. The highest BCUT2D eigenvalue weighted by atomic mass is 35.7. The van der Waals surface area contributed by atoms with E-state index in [1.165, 1.54) is 24.3 Å². The summed E-state index contributed by atoms with van der Waals surface area (Å²) >= 11 is 0. The van der Waals surface area contributed by atoms with Crippen molar-refractivity contribution in [2.45, 2.75) is 11.3 Å². The van der Waals surface area contributed by atoms with E-state index in [4.69, 9.17) is 10.7 Å². The molecule has 1 fully saturated rings. The molecule has 1 atom stereocenters. The molecule has 1 aliphatic rings. The molecule has 0 aromatic heterocycles. The second-order valence-electron chi connectivity index (χ2n) is 4.55. The molecule has 0 saturated carbocycles. The van der Waals surface area contributed by atoms with Crippen LogP contribution in [-0.4, -0.2) is 34.2 Å². The zero-order valence-electron chi connectivity index (χ0n) is 10.2. The molecule has 1 aliphatic heterocycles. The molecule has 1 unspecified atom stereocenters. The summed E-state index contributed by atoms with van der Waals surface area (Å²) in [5, 5.41) is 2.56. The Morgan fingerprint density at radius 1 is 1.25 bits per heavy atom. The summed E-state index contributed by atoms with van der Waals surface area (Å²) in [6, 6.07) is 5.33. The summed E-state index contributed by atoms with van der Waals surface area (Å²) in [6.45, 7) is 0. The van der Waals surface area contributed by atoms with Crippen LogP contribution in [0.5, 0.6) is 0 Å². The lowest BCUT2D eigenvalue weighted by Crippen LogP contribution is -2.23. The van der Waals surface area contributed by atoms with Crippen LogP contribution >= 0.6 is 10.7 Å². The van der Waals surface area contributed by atoms with Gasteiger partial charge in [-0.05, 0) is 30.7 Å². The Morgan fingerprint density at radius 3 is 2.30 bits per heavy atom. The highest BCUT2D eigenvalue weighted by Gasteiger charge is 2.32. The Balaban J connectivity index is 2.06. The molecule has 1 amide bonds. The maximum atomic E-state index is 11.9. The van der Waals surface area contributed by atoms with Crippen LogP contribution in [0, 0.1) is 5.92 Å². The van der Waals surface area contributed by atoms with E-state index in [2.05, 4.69) is 5.32 Å². The highest BCUT2D eigenvalue weighted by Crippen LogP contribution is 2.22. The Morgan fingerprint density at radius 2 is 1.85 bits per heavy atom. The van der Waals surface area contributed by atoms with Crippen LogP contribution in [0.15, 0.2) is 29.2 Å². The van der Waals surface area contributed by atoms with E-state index in [0.717, 1.165) is 0 Å². The summed E-state index contributed by atoms with van der Waals surface area (Å²) in [6.07, 6.45) is 0.308. The topological polar surface area (TPSA) is 97.4 Å². The number of benzene rings is 1. The smallest absolute Gasteiger partial charge is 0.261 e. The zero-order chi connectivity index (χ0) is 15.0. The van der Waals surface area contributed by atoms with E-state index in [-0.39, 0.29) is 22.3 Å². The molecule has 0 radical (unpaired) electrons. The van der Waals surface area contributed by atoms with Gasteiger partial charge in [0.2, 0.25) is 5.91 Å². The van der Waals surface area contributed by atoms with E-state index in [0.29, 0.717) is 12.1 Å². The fourth-order valence-corrected chi connectivity index (χ4v) is 4.46. The van der Waals surface area contributed by atoms with Gasteiger partial charge in [0.1, 0.15) is 0 Å². The van der Waals surface area contributed by atoms with E-state index in [1.807, 2.05) is 0 Å². The van der Waals surface area contributed by atoms with Crippen LogP contribution in [-0.2, 0) is 23.7 Å². The average molecular weight is 338 g/mol. The number of hydrogen-bond acceptors (Lipinski definition) is 5. The maximum absolute atomic E-state index is 11.9. The van der Waals surface area contributed by atoms with Crippen LogP contribution < -0.4 is 5.32 Å². The monoisotopic (exact) mass is 337 g/mol. The van der Waals surface area contributed by atoms with Crippen molar-refractivity contribution in [3.8, 4) is 0 Å². The van der Waals surface area contributed by atoms with Gasteiger partial charge < -0.3 is 5.32 Å². The minimum atomic E-state index is -3.80. The Hall–Kier alpha value is -1.12. The number of carbonyl (C=O) groups excluding carboxylic acids is 1. The lowest BCUT2D eigenvalue weighted by molar-refractivity contribution is -0.119. The van der Waals surface area contributed by atoms with Gasteiger partial charge in [0, 0.05) is 16.4 Å². The summed E-state index contributed by atoms with van der Waals surface area (Å²) in [5.41, 5.74) is 0.392. The molecule has 1 aromatic carbocycles. The van der Waals surface area contributed by atoms with Crippen molar-refractivity contribution in [2.75, 3.05) is 16.8 Å². The number of carbonyl (C=O) groups is 1. The van der Waals surface area contributed by atoms with Gasteiger partial charge in [-0.3, -0.25) is 4.79 Å². The van der Waals surface area contributed by atoms with Crippen molar-refractivity contribution in [3.63, 3.8) is 0 Å². The number of sulfone groups is 1. The summed E-state index contributed by atoms with van der Waals surface area (Å²) < 4.78 is 44.7. The zero-order valence-corrected chi connectivity index (χ0v) is 12.6. The van der Waals surface area contributed by atoms with E-state index in [9.17, 15) is 21.6 Å². The van der Waals surface area contributed by atoms with Crippen LogP contribution in [0.3, 0.4) is 0 Å². The van der Waals surface area contributed by atoms with Gasteiger partial charge in [-0.2, -0.15) is 0 Å². The molecule has 1 heterocycles. The standard InChI is InChI=1S/C11H12ClNO5S2/c12-20(17,18)10-3-1-9(2-4-10)13-11(14)8-5-6-19(15,16)7-8/h1-4,8H,5-7H2,(H,13,14). The number of amides is 1. The first-order chi connectivity index (χ1) is 9.17. The van der Waals surface area contributed by atoms with Crippen LogP contribution in [0.1, 0.15) is 6.42 Å². The molecule has 110 valence electrons. The van der Waals surface area contributed by atoms with Gasteiger partial charge in [0.05, 0.1) is 22.3 Å². The first-order valence-corrected chi connectivity index (χ1v) is 9.86. The van der Waals surface area contributed by atoms with E-state index >= 15 is 0 Å². The van der Waals surface area contributed by atoms with Crippen molar-refractivity contribution in [1.29, 1.82) is 0 Å². The predicted octanol–water partition coefficient (Wildman–Crippen LogP) is 0.987. The number of rotatable bonds is 3. The Bertz CT molecular complexity index is 725. The summed E-state index contributed by atoms with van der Waals surface area (Å²) in [5.74, 6) is -1.06. The second kappa shape index (κ2) is 5.34. The van der Waals surface area contributed by atoms with Crippen LogP contribution in [0.4, 0.5) is 5.69 Å². The third-order valence-corrected chi connectivity index (χ3v) is 6.14. The molecular formula is C11H12ClNO5S2. The molecule has 0 aliphatic carbocycles. The van der Waals surface area contributed by atoms with E-state index < -0.39 is 24.8 Å². The maximum Gasteiger partial charge on any atom is 0.261 e. The quantitative estimate of drug-likeness (QED) is 0.829. The van der Waals surface area contributed by atoms with Crippen molar-refractivity contribution in [3.05, 3.63) is 24.3 Å². The Kier molecular flexibility index (Phi) is 4.08.